The van der Waals surface area contributed by atoms with Crippen LogP contribution in [-0.4, -0.2) is 31.7 Å². The molecule has 0 atom stereocenters. The highest BCUT2D eigenvalue weighted by Gasteiger charge is 2.17. The van der Waals surface area contributed by atoms with Gasteiger partial charge < -0.3 is 10.5 Å². The van der Waals surface area contributed by atoms with Crippen molar-refractivity contribution in [3.8, 4) is 0 Å². The Kier molecular flexibility index (Phi) is 4.40. The SMILES string of the molecule is COCCCCN1CCc2cccc(N)c2C1. The molecule has 1 heterocycles. The Morgan fingerprint density at radius 1 is 1.35 bits per heavy atom. The standard InChI is InChI=1S/C14H22N2O/c1-17-10-3-2-8-16-9-7-12-5-4-6-14(15)13(12)11-16/h4-6H,2-3,7-11,15H2,1H3. The molecular weight excluding hydrogens is 212 g/mol. The molecule has 0 saturated carbocycles. The third kappa shape index (κ3) is 3.20. The van der Waals surface area contributed by atoms with Gasteiger partial charge in [0, 0.05) is 32.5 Å². The normalized spacial score (nSPS) is 15.8. The van der Waals surface area contributed by atoms with Crippen molar-refractivity contribution in [3.05, 3.63) is 29.3 Å². The van der Waals surface area contributed by atoms with E-state index < -0.39 is 0 Å². The van der Waals surface area contributed by atoms with Gasteiger partial charge in [-0.3, -0.25) is 4.90 Å². The minimum Gasteiger partial charge on any atom is -0.398 e. The molecule has 0 saturated heterocycles. The maximum absolute atomic E-state index is 6.03. The largest absolute Gasteiger partial charge is 0.398 e. The lowest BCUT2D eigenvalue weighted by Crippen LogP contribution is -2.32. The number of rotatable bonds is 5. The number of hydrogen-bond acceptors (Lipinski definition) is 3. The molecule has 0 fully saturated rings. The number of unbranched alkanes of at least 4 members (excludes halogenated alkanes) is 1. The topological polar surface area (TPSA) is 38.5 Å². The van der Waals surface area contributed by atoms with Crippen molar-refractivity contribution in [3.63, 3.8) is 0 Å². The van der Waals surface area contributed by atoms with Crippen molar-refractivity contribution in [2.45, 2.75) is 25.8 Å². The molecule has 0 aliphatic carbocycles. The second-order valence-electron chi connectivity index (χ2n) is 4.71. The number of nitrogen functional groups attached to an aromatic ring is 1. The van der Waals surface area contributed by atoms with E-state index in [0.717, 1.165) is 44.8 Å². The predicted octanol–water partition coefficient (Wildman–Crippen LogP) is 2.05. The maximum atomic E-state index is 6.03. The minimum atomic E-state index is 0.868. The van der Waals surface area contributed by atoms with E-state index in [0.29, 0.717) is 0 Å². The van der Waals surface area contributed by atoms with Crippen molar-refractivity contribution in [1.29, 1.82) is 0 Å². The summed E-state index contributed by atoms with van der Waals surface area (Å²) in [4.78, 5) is 2.49. The van der Waals surface area contributed by atoms with E-state index in [-0.39, 0.29) is 0 Å². The monoisotopic (exact) mass is 234 g/mol. The fourth-order valence-corrected chi connectivity index (χ4v) is 2.44. The van der Waals surface area contributed by atoms with E-state index in [9.17, 15) is 0 Å². The third-order valence-electron chi connectivity index (χ3n) is 3.46. The van der Waals surface area contributed by atoms with Crippen LogP contribution in [0.4, 0.5) is 5.69 Å². The van der Waals surface area contributed by atoms with E-state index in [2.05, 4.69) is 17.0 Å². The van der Waals surface area contributed by atoms with Crippen LogP contribution in [0.5, 0.6) is 0 Å². The fraction of sp³-hybridized carbons (Fsp3) is 0.571. The first kappa shape index (κ1) is 12.4. The summed E-state index contributed by atoms with van der Waals surface area (Å²) in [6, 6.07) is 6.27. The Balaban J connectivity index is 1.87. The van der Waals surface area contributed by atoms with Crippen LogP contribution < -0.4 is 5.73 Å². The molecule has 1 aromatic carbocycles. The highest BCUT2D eigenvalue weighted by Crippen LogP contribution is 2.24. The van der Waals surface area contributed by atoms with E-state index >= 15 is 0 Å². The second kappa shape index (κ2) is 6.03. The molecule has 3 heteroatoms. The van der Waals surface area contributed by atoms with Gasteiger partial charge in [0.15, 0.2) is 0 Å². The first-order chi connectivity index (χ1) is 8.31. The molecule has 17 heavy (non-hydrogen) atoms. The number of anilines is 1. The number of nitrogens with zero attached hydrogens (tertiary/aromatic N) is 1. The van der Waals surface area contributed by atoms with Crippen molar-refractivity contribution >= 4 is 5.69 Å². The van der Waals surface area contributed by atoms with Gasteiger partial charge in [0.05, 0.1) is 0 Å². The number of ether oxygens (including phenoxy) is 1. The zero-order valence-electron chi connectivity index (χ0n) is 10.6. The summed E-state index contributed by atoms with van der Waals surface area (Å²) in [6.45, 7) is 4.18. The Labute approximate surface area is 104 Å². The Hall–Kier alpha value is -1.06. The lowest BCUT2D eigenvalue weighted by molar-refractivity contribution is 0.181. The molecule has 0 radical (unpaired) electrons. The first-order valence-electron chi connectivity index (χ1n) is 6.39. The molecule has 3 nitrogen and oxygen atoms in total. The van der Waals surface area contributed by atoms with E-state index in [4.69, 9.17) is 10.5 Å². The number of nitrogens with two attached hydrogens (primary N) is 1. The van der Waals surface area contributed by atoms with Crippen LogP contribution in [0, 0.1) is 0 Å². The van der Waals surface area contributed by atoms with Gasteiger partial charge in [-0.2, -0.15) is 0 Å². The number of benzene rings is 1. The molecule has 1 aromatic rings. The molecule has 0 unspecified atom stereocenters. The van der Waals surface area contributed by atoms with Crippen LogP contribution >= 0.6 is 0 Å². The summed E-state index contributed by atoms with van der Waals surface area (Å²) in [5.41, 5.74) is 9.75. The summed E-state index contributed by atoms with van der Waals surface area (Å²) >= 11 is 0. The van der Waals surface area contributed by atoms with E-state index in [1.165, 1.54) is 17.5 Å². The summed E-state index contributed by atoms with van der Waals surface area (Å²) in [5.74, 6) is 0. The number of methoxy groups -OCH3 is 1. The van der Waals surface area contributed by atoms with Crippen LogP contribution in [0.2, 0.25) is 0 Å². The fourth-order valence-electron chi connectivity index (χ4n) is 2.44. The third-order valence-corrected chi connectivity index (χ3v) is 3.46. The average Bonchev–Trinajstić information content (AvgIpc) is 2.36. The maximum Gasteiger partial charge on any atom is 0.0462 e. The van der Waals surface area contributed by atoms with Crippen molar-refractivity contribution in [2.75, 3.05) is 32.5 Å². The van der Waals surface area contributed by atoms with Gasteiger partial charge in [0.2, 0.25) is 0 Å². The lowest BCUT2D eigenvalue weighted by atomic mass is 9.98. The zero-order chi connectivity index (χ0) is 12.1. The van der Waals surface area contributed by atoms with Gasteiger partial charge in [0.25, 0.3) is 0 Å². The van der Waals surface area contributed by atoms with Gasteiger partial charge in [-0.05, 0) is 43.0 Å². The first-order valence-corrected chi connectivity index (χ1v) is 6.39. The van der Waals surface area contributed by atoms with Crippen LogP contribution in [0.3, 0.4) is 0 Å². The molecule has 1 aliphatic rings. The smallest absolute Gasteiger partial charge is 0.0462 e. The van der Waals surface area contributed by atoms with Crippen LogP contribution in [-0.2, 0) is 17.7 Å². The van der Waals surface area contributed by atoms with Crippen molar-refractivity contribution < 1.29 is 4.74 Å². The predicted molar refractivity (Wildman–Crippen MR) is 70.9 cm³/mol. The lowest BCUT2D eigenvalue weighted by Gasteiger charge is -2.29. The average molecular weight is 234 g/mol. The highest BCUT2D eigenvalue weighted by atomic mass is 16.5. The van der Waals surface area contributed by atoms with Gasteiger partial charge in [-0.15, -0.1) is 0 Å². The van der Waals surface area contributed by atoms with E-state index in [1.807, 2.05) is 6.07 Å². The summed E-state index contributed by atoms with van der Waals surface area (Å²) in [6.07, 6.45) is 3.48. The quantitative estimate of drug-likeness (QED) is 0.626. The Bertz CT molecular complexity index is 365. The van der Waals surface area contributed by atoms with Gasteiger partial charge >= 0.3 is 0 Å². The Morgan fingerprint density at radius 2 is 2.24 bits per heavy atom. The van der Waals surface area contributed by atoms with Crippen LogP contribution in [0.1, 0.15) is 24.0 Å². The summed E-state index contributed by atoms with van der Waals surface area (Å²) in [7, 11) is 1.76. The van der Waals surface area contributed by atoms with Gasteiger partial charge in [0.1, 0.15) is 0 Å². The van der Waals surface area contributed by atoms with Gasteiger partial charge in [-0.1, -0.05) is 12.1 Å². The van der Waals surface area contributed by atoms with Gasteiger partial charge in [-0.25, -0.2) is 0 Å². The second-order valence-corrected chi connectivity index (χ2v) is 4.71. The molecule has 94 valence electrons. The molecule has 0 spiro atoms. The molecule has 0 bridgehead atoms. The van der Waals surface area contributed by atoms with Crippen molar-refractivity contribution in [1.82, 2.24) is 4.90 Å². The van der Waals surface area contributed by atoms with E-state index in [1.54, 1.807) is 7.11 Å². The number of hydrogen-bond donors (Lipinski definition) is 1. The van der Waals surface area contributed by atoms with Crippen LogP contribution in [0.15, 0.2) is 18.2 Å². The molecule has 1 aliphatic heterocycles. The Morgan fingerprint density at radius 3 is 3.06 bits per heavy atom. The molecule has 0 aromatic heterocycles. The molecule has 2 rings (SSSR count). The number of fused-ring (bicyclic) bond motifs is 1. The van der Waals surface area contributed by atoms with Crippen LogP contribution in [0.25, 0.3) is 0 Å². The molecule has 0 amide bonds. The molecule has 2 N–H and O–H groups in total. The molecular formula is C14H22N2O. The summed E-state index contributed by atoms with van der Waals surface area (Å²) < 4.78 is 5.07. The highest BCUT2D eigenvalue weighted by molar-refractivity contribution is 5.51. The van der Waals surface area contributed by atoms with Crippen molar-refractivity contribution in [2.24, 2.45) is 0 Å². The zero-order valence-corrected chi connectivity index (χ0v) is 10.6. The minimum absolute atomic E-state index is 0.868. The summed E-state index contributed by atoms with van der Waals surface area (Å²) in [5, 5.41) is 0.